The van der Waals surface area contributed by atoms with Crippen molar-refractivity contribution in [2.45, 2.75) is 38.1 Å². The summed E-state index contributed by atoms with van der Waals surface area (Å²) in [5.74, 6) is 0.654. The molecule has 146 valence electrons. The first-order valence-electron chi connectivity index (χ1n) is 10.4. The summed E-state index contributed by atoms with van der Waals surface area (Å²) >= 11 is 1.61. The van der Waals surface area contributed by atoms with Gasteiger partial charge in [-0.2, -0.15) is 0 Å². The zero-order chi connectivity index (χ0) is 19.1. The largest absolute Gasteiger partial charge is 0.398 e. The third kappa shape index (κ3) is 3.07. The van der Waals surface area contributed by atoms with E-state index in [2.05, 4.69) is 10.2 Å². The zero-order valence-electron chi connectivity index (χ0n) is 16.1. The number of hydrogen-bond acceptors (Lipinski definition) is 5. The van der Waals surface area contributed by atoms with Crippen molar-refractivity contribution in [3.63, 3.8) is 0 Å². The second kappa shape index (κ2) is 7.37. The molecular formula is C23H27N3OS. The number of nitrogens with one attached hydrogen (secondary N) is 1. The molecule has 2 aliphatic heterocycles. The molecule has 2 atom stereocenters. The molecule has 3 heterocycles. The lowest BCUT2D eigenvalue weighted by Crippen LogP contribution is -2.49. The maximum Gasteiger partial charge on any atom is 0.198 e. The Morgan fingerprint density at radius 3 is 2.86 bits per heavy atom. The summed E-state index contributed by atoms with van der Waals surface area (Å²) in [4.78, 5) is 15.9. The Kier molecular flexibility index (Phi) is 4.73. The summed E-state index contributed by atoms with van der Waals surface area (Å²) in [6, 6.07) is 12.4. The number of nitrogens with zero attached hydrogens (tertiary/aromatic N) is 1. The molecule has 2 aliphatic rings. The molecule has 2 saturated heterocycles. The molecule has 5 heteroatoms. The number of piperidine rings is 2. The molecule has 0 spiro atoms. The van der Waals surface area contributed by atoms with E-state index in [4.69, 9.17) is 5.73 Å². The molecular weight excluding hydrogens is 366 g/mol. The first kappa shape index (κ1) is 18.0. The van der Waals surface area contributed by atoms with Gasteiger partial charge in [0, 0.05) is 34.0 Å². The van der Waals surface area contributed by atoms with Crippen LogP contribution in [-0.2, 0) is 0 Å². The molecule has 3 N–H and O–H groups in total. The third-order valence-electron chi connectivity index (χ3n) is 6.54. The van der Waals surface area contributed by atoms with Crippen LogP contribution < -0.4 is 16.5 Å². The fraction of sp³-hybridized carbons (Fsp3) is 0.435. The molecule has 5 rings (SSSR count). The minimum atomic E-state index is 0.0853. The van der Waals surface area contributed by atoms with Crippen molar-refractivity contribution in [2.24, 2.45) is 5.92 Å². The highest BCUT2D eigenvalue weighted by molar-refractivity contribution is 7.25. The maximum absolute atomic E-state index is 13.2. The van der Waals surface area contributed by atoms with Gasteiger partial charge in [-0.25, -0.2) is 0 Å². The maximum atomic E-state index is 13.2. The topological polar surface area (TPSA) is 58.4 Å². The second-order valence-electron chi connectivity index (χ2n) is 8.22. The minimum absolute atomic E-state index is 0.0853. The third-order valence-corrected chi connectivity index (χ3v) is 7.76. The van der Waals surface area contributed by atoms with Crippen molar-refractivity contribution < 1.29 is 0 Å². The molecule has 0 bridgehead atoms. The second-order valence-corrected chi connectivity index (χ2v) is 9.27. The number of nitrogen functional groups attached to an aromatic ring is 1. The Bertz CT molecular complexity index is 1070. The van der Waals surface area contributed by atoms with Crippen LogP contribution in [0.25, 0.3) is 20.2 Å². The first-order valence-corrected chi connectivity index (χ1v) is 11.3. The van der Waals surface area contributed by atoms with Crippen molar-refractivity contribution in [3.8, 4) is 0 Å². The van der Waals surface area contributed by atoms with E-state index in [1.54, 1.807) is 11.3 Å². The molecule has 0 unspecified atom stereocenters. The smallest absolute Gasteiger partial charge is 0.198 e. The quantitative estimate of drug-likeness (QED) is 0.501. The van der Waals surface area contributed by atoms with Crippen LogP contribution in [0.4, 0.5) is 11.4 Å². The minimum Gasteiger partial charge on any atom is -0.398 e. The predicted octanol–water partition coefficient (Wildman–Crippen LogP) is 4.67. The number of nitrogens with two attached hydrogens (primary N) is 1. The van der Waals surface area contributed by atoms with Crippen molar-refractivity contribution in [1.29, 1.82) is 0 Å². The Labute approximate surface area is 169 Å². The van der Waals surface area contributed by atoms with Gasteiger partial charge in [0.25, 0.3) is 0 Å². The average Bonchev–Trinajstić information content (AvgIpc) is 2.74. The SMILES string of the molecule is Nc1ccc(NC[C@@H]2CCCN3CCCC[C@H]23)c2c(=O)c3ccccc3sc12. The summed E-state index contributed by atoms with van der Waals surface area (Å²) < 4.78 is 1.89. The molecule has 1 aromatic heterocycles. The van der Waals surface area contributed by atoms with Crippen LogP contribution in [0.3, 0.4) is 0 Å². The van der Waals surface area contributed by atoms with E-state index >= 15 is 0 Å². The van der Waals surface area contributed by atoms with Crippen LogP contribution in [0, 0.1) is 5.92 Å². The highest BCUT2D eigenvalue weighted by Gasteiger charge is 2.32. The molecule has 4 nitrogen and oxygen atoms in total. The van der Waals surface area contributed by atoms with Crippen molar-refractivity contribution in [2.75, 3.05) is 30.7 Å². The monoisotopic (exact) mass is 393 g/mol. The summed E-state index contributed by atoms with van der Waals surface area (Å²) in [5, 5.41) is 5.18. The van der Waals surface area contributed by atoms with E-state index in [9.17, 15) is 4.79 Å². The van der Waals surface area contributed by atoms with Gasteiger partial charge in [-0.3, -0.25) is 4.79 Å². The summed E-state index contributed by atoms with van der Waals surface area (Å²) in [6.07, 6.45) is 6.56. The fourth-order valence-corrected chi connectivity index (χ4v) is 6.25. The van der Waals surface area contributed by atoms with Crippen LogP contribution in [0.2, 0.25) is 0 Å². The van der Waals surface area contributed by atoms with Gasteiger partial charge in [0.1, 0.15) is 0 Å². The molecule has 0 amide bonds. The predicted molar refractivity (Wildman–Crippen MR) is 120 cm³/mol. The highest BCUT2D eigenvalue weighted by Crippen LogP contribution is 2.35. The standard InChI is InChI=1S/C23H27N3OS/c24-17-10-11-18(21-22(27)16-7-1-2-9-20(16)28-23(17)21)25-14-15-6-5-13-26-12-4-3-8-19(15)26/h1-2,7,9-11,15,19,25H,3-6,8,12-14,24H2/t15-,19+/m0/s1. The van der Waals surface area contributed by atoms with Crippen LogP contribution in [0.1, 0.15) is 32.1 Å². The first-order chi connectivity index (χ1) is 13.7. The van der Waals surface area contributed by atoms with Crippen LogP contribution >= 0.6 is 11.3 Å². The van der Waals surface area contributed by atoms with E-state index in [-0.39, 0.29) is 5.43 Å². The van der Waals surface area contributed by atoms with Gasteiger partial charge in [-0.1, -0.05) is 18.6 Å². The van der Waals surface area contributed by atoms with Gasteiger partial charge in [-0.05, 0) is 69.0 Å². The van der Waals surface area contributed by atoms with Gasteiger partial charge < -0.3 is 16.0 Å². The van der Waals surface area contributed by atoms with Crippen LogP contribution in [-0.4, -0.2) is 30.6 Å². The van der Waals surface area contributed by atoms with E-state index in [1.807, 2.05) is 36.4 Å². The van der Waals surface area contributed by atoms with E-state index in [1.165, 1.54) is 45.2 Å². The van der Waals surface area contributed by atoms with E-state index < -0.39 is 0 Å². The normalized spacial score (nSPS) is 23.0. The molecule has 0 radical (unpaired) electrons. The molecule has 28 heavy (non-hydrogen) atoms. The number of hydrogen-bond donors (Lipinski definition) is 2. The molecule has 2 fully saturated rings. The highest BCUT2D eigenvalue weighted by atomic mass is 32.1. The zero-order valence-corrected chi connectivity index (χ0v) is 16.9. The van der Waals surface area contributed by atoms with Crippen LogP contribution in [0.5, 0.6) is 0 Å². The average molecular weight is 394 g/mol. The van der Waals surface area contributed by atoms with Crippen molar-refractivity contribution in [1.82, 2.24) is 4.90 Å². The van der Waals surface area contributed by atoms with Crippen LogP contribution in [0.15, 0.2) is 41.2 Å². The summed E-state index contributed by atoms with van der Waals surface area (Å²) in [6.45, 7) is 3.44. The van der Waals surface area contributed by atoms with Gasteiger partial charge >= 0.3 is 0 Å². The Hall–Kier alpha value is -2.11. The molecule has 2 aromatic carbocycles. The van der Waals surface area contributed by atoms with Crippen molar-refractivity contribution >= 4 is 42.9 Å². The Balaban J connectivity index is 1.50. The van der Waals surface area contributed by atoms with Gasteiger partial charge in [0.2, 0.25) is 0 Å². The number of fused-ring (bicyclic) bond motifs is 3. The van der Waals surface area contributed by atoms with E-state index in [0.717, 1.165) is 32.4 Å². The summed E-state index contributed by atoms with van der Waals surface area (Å²) in [5.41, 5.74) is 7.95. The number of rotatable bonds is 3. The van der Waals surface area contributed by atoms with Gasteiger partial charge in [-0.15, -0.1) is 11.3 Å². The van der Waals surface area contributed by atoms with Crippen molar-refractivity contribution in [3.05, 3.63) is 46.6 Å². The lowest BCUT2D eigenvalue weighted by atomic mass is 9.83. The number of benzene rings is 2. The Morgan fingerprint density at radius 1 is 1.07 bits per heavy atom. The summed E-state index contributed by atoms with van der Waals surface area (Å²) in [7, 11) is 0. The molecule has 0 aliphatic carbocycles. The lowest BCUT2D eigenvalue weighted by molar-refractivity contribution is 0.0649. The fourth-order valence-electron chi connectivity index (χ4n) is 5.13. The van der Waals surface area contributed by atoms with Gasteiger partial charge in [0.05, 0.1) is 10.1 Å². The van der Waals surface area contributed by atoms with E-state index in [0.29, 0.717) is 17.6 Å². The molecule has 3 aromatic rings. The lowest BCUT2D eigenvalue weighted by Gasteiger charge is -2.44. The Morgan fingerprint density at radius 2 is 1.93 bits per heavy atom. The van der Waals surface area contributed by atoms with Gasteiger partial charge in [0.15, 0.2) is 5.43 Å². The number of anilines is 2. The molecule has 0 saturated carbocycles.